The summed E-state index contributed by atoms with van der Waals surface area (Å²) in [4.78, 5) is 17.9. The molecule has 0 bridgehead atoms. The molecule has 1 amide bonds. The van der Waals surface area contributed by atoms with Crippen molar-refractivity contribution in [2.24, 2.45) is 5.92 Å². The molecule has 1 saturated carbocycles. The standard InChI is InChI=1S/C16H20F3N3O/c17-16(18,19)12-6-7-20-14(9-12)22-8-2-5-13(10-22)21-15(23)11-3-1-4-11/h6-7,9,11,13H,1-5,8,10H2,(H,21,23). The van der Waals surface area contributed by atoms with Crippen LogP contribution in [0, 0.1) is 5.92 Å². The van der Waals surface area contributed by atoms with Gasteiger partial charge in [-0.25, -0.2) is 4.98 Å². The predicted molar refractivity (Wildman–Crippen MR) is 80.0 cm³/mol. The number of halogens is 3. The maximum Gasteiger partial charge on any atom is 0.416 e. The fraction of sp³-hybridized carbons (Fsp3) is 0.625. The summed E-state index contributed by atoms with van der Waals surface area (Å²) in [7, 11) is 0. The molecule has 1 atom stereocenters. The topological polar surface area (TPSA) is 45.2 Å². The van der Waals surface area contributed by atoms with E-state index in [0.29, 0.717) is 18.9 Å². The van der Waals surface area contributed by atoms with Crippen LogP contribution < -0.4 is 10.2 Å². The maximum absolute atomic E-state index is 12.8. The van der Waals surface area contributed by atoms with Crippen LogP contribution in [0.25, 0.3) is 0 Å². The van der Waals surface area contributed by atoms with Gasteiger partial charge in [0.2, 0.25) is 5.91 Å². The summed E-state index contributed by atoms with van der Waals surface area (Å²) in [5.74, 6) is 0.527. The summed E-state index contributed by atoms with van der Waals surface area (Å²) in [6.45, 7) is 1.16. The minimum Gasteiger partial charge on any atom is -0.355 e. The Morgan fingerprint density at radius 1 is 1.26 bits per heavy atom. The van der Waals surface area contributed by atoms with Gasteiger partial charge in [0.15, 0.2) is 0 Å². The molecule has 1 saturated heterocycles. The highest BCUT2D eigenvalue weighted by atomic mass is 19.4. The zero-order valence-electron chi connectivity index (χ0n) is 12.8. The quantitative estimate of drug-likeness (QED) is 0.928. The molecule has 0 aromatic carbocycles. The van der Waals surface area contributed by atoms with Crippen molar-refractivity contribution in [2.75, 3.05) is 18.0 Å². The fourth-order valence-electron chi connectivity index (χ4n) is 3.06. The summed E-state index contributed by atoms with van der Waals surface area (Å²) in [6.07, 6.45) is 1.49. The third-order valence-electron chi connectivity index (χ3n) is 4.64. The van der Waals surface area contributed by atoms with Crippen molar-refractivity contribution in [1.82, 2.24) is 10.3 Å². The Kier molecular flexibility index (Phi) is 4.46. The number of amides is 1. The third kappa shape index (κ3) is 3.76. The van der Waals surface area contributed by atoms with Gasteiger partial charge in [0, 0.05) is 31.2 Å². The molecule has 3 rings (SSSR count). The number of hydrogen-bond acceptors (Lipinski definition) is 3. The van der Waals surface area contributed by atoms with E-state index in [1.807, 2.05) is 4.90 Å². The number of hydrogen-bond donors (Lipinski definition) is 1. The van der Waals surface area contributed by atoms with E-state index in [-0.39, 0.29) is 17.9 Å². The largest absolute Gasteiger partial charge is 0.416 e. The number of carbonyl (C=O) groups is 1. The summed E-state index contributed by atoms with van der Waals surface area (Å²) in [5, 5.41) is 3.03. The zero-order chi connectivity index (χ0) is 16.4. The van der Waals surface area contributed by atoms with E-state index in [0.717, 1.165) is 44.2 Å². The number of piperidine rings is 1. The Bertz CT molecular complexity index is 572. The number of nitrogens with zero attached hydrogens (tertiary/aromatic N) is 2. The Morgan fingerprint density at radius 3 is 2.70 bits per heavy atom. The lowest BCUT2D eigenvalue weighted by Crippen LogP contribution is -2.50. The first kappa shape index (κ1) is 16.1. The second-order valence-electron chi connectivity index (χ2n) is 6.32. The van der Waals surface area contributed by atoms with Crippen molar-refractivity contribution in [3.63, 3.8) is 0 Å². The SMILES string of the molecule is O=C(NC1CCCN(c2cc(C(F)(F)F)ccn2)C1)C1CCC1. The van der Waals surface area contributed by atoms with Crippen LogP contribution in [0.4, 0.5) is 19.0 Å². The molecule has 7 heteroatoms. The van der Waals surface area contributed by atoms with E-state index in [2.05, 4.69) is 10.3 Å². The predicted octanol–water partition coefficient (Wildman–Crippen LogP) is 2.99. The summed E-state index contributed by atoms with van der Waals surface area (Å²) in [6, 6.07) is 2.03. The Labute approximate surface area is 133 Å². The lowest BCUT2D eigenvalue weighted by atomic mass is 9.84. The van der Waals surface area contributed by atoms with Gasteiger partial charge in [0.25, 0.3) is 0 Å². The fourth-order valence-corrected chi connectivity index (χ4v) is 3.06. The van der Waals surface area contributed by atoms with Crippen LogP contribution in [-0.4, -0.2) is 30.0 Å². The minimum absolute atomic E-state index is 0.0202. The summed E-state index contributed by atoms with van der Waals surface area (Å²) >= 11 is 0. The van der Waals surface area contributed by atoms with E-state index >= 15 is 0 Å². The van der Waals surface area contributed by atoms with Crippen molar-refractivity contribution in [2.45, 2.75) is 44.3 Å². The number of carbonyl (C=O) groups excluding carboxylic acids is 1. The van der Waals surface area contributed by atoms with E-state index in [9.17, 15) is 18.0 Å². The summed E-state index contributed by atoms with van der Waals surface area (Å²) < 4.78 is 38.4. The minimum atomic E-state index is -4.37. The third-order valence-corrected chi connectivity index (χ3v) is 4.64. The number of nitrogens with one attached hydrogen (secondary N) is 1. The van der Waals surface area contributed by atoms with Gasteiger partial charge >= 0.3 is 6.18 Å². The lowest BCUT2D eigenvalue weighted by Gasteiger charge is -2.35. The number of rotatable bonds is 3. The Hall–Kier alpha value is -1.79. The first-order valence-electron chi connectivity index (χ1n) is 8.02. The highest BCUT2D eigenvalue weighted by molar-refractivity contribution is 5.79. The van der Waals surface area contributed by atoms with Crippen LogP contribution in [0.1, 0.15) is 37.7 Å². The van der Waals surface area contributed by atoms with Crippen molar-refractivity contribution in [3.05, 3.63) is 23.9 Å². The molecule has 1 aromatic rings. The molecule has 2 fully saturated rings. The molecular weight excluding hydrogens is 307 g/mol. The van der Waals surface area contributed by atoms with E-state index in [4.69, 9.17) is 0 Å². The average molecular weight is 327 g/mol. The van der Waals surface area contributed by atoms with Crippen molar-refractivity contribution < 1.29 is 18.0 Å². The molecule has 0 spiro atoms. The molecular formula is C16H20F3N3O. The highest BCUT2D eigenvalue weighted by Gasteiger charge is 2.32. The normalized spacial score (nSPS) is 22.6. The number of aromatic nitrogens is 1. The number of anilines is 1. The second-order valence-corrected chi connectivity index (χ2v) is 6.32. The zero-order valence-corrected chi connectivity index (χ0v) is 12.8. The van der Waals surface area contributed by atoms with E-state index < -0.39 is 11.7 Å². The Morgan fingerprint density at radius 2 is 2.04 bits per heavy atom. The second kappa shape index (κ2) is 6.37. The molecule has 1 N–H and O–H groups in total. The van der Waals surface area contributed by atoms with Gasteiger partial charge in [-0.15, -0.1) is 0 Å². The van der Waals surface area contributed by atoms with Crippen molar-refractivity contribution >= 4 is 11.7 Å². The van der Waals surface area contributed by atoms with Gasteiger partial charge in [-0.1, -0.05) is 6.42 Å². The van der Waals surface area contributed by atoms with Crippen molar-refractivity contribution in [3.8, 4) is 0 Å². The maximum atomic E-state index is 12.8. The van der Waals surface area contributed by atoms with Crippen LogP contribution in [0.5, 0.6) is 0 Å². The molecule has 1 aliphatic heterocycles. The number of alkyl halides is 3. The first-order valence-corrected chi connectivity index (χ1v) is 8.02. The molecule has 1 unspecified atom stereocenters. The van der Waals surface area contributed by atoms with E-state index in [1.54, 1.807) is 0 Å². The molecule has 4 nitrogen and oxygen atoms in total. The summed E-state index contributed by atoms with van der Waals surface area (Å²) in [5.41, 5.74) is -0.692. The molecule has 23 heavy (non-hydrogen) atoms. The van der Waals surface area contributed by atoms with Crippen molar-refractivity contribution in [1.29, 1.82) is 0 Å². The van der Waals surface area contributed by atoms with Crippen LogP contribution in [0.15, 0.2) is 18.3 Å². The van der Waals surface area contributed by atoms with Crippen LogP contribution in [-0.2, 0) is 11.0 Å². The van der Waals surface area contributed by atoms with Gasteiger partial charge < -0.3 is 10.2 Å². The van der Waals surface area contributed by atoms with Crippen LogP contribution in [0.3, 0.4) is 0 Å². The molecule has 126 valence electrons. The molecule has 2 heterocycles. The molecule has 2 aliphatic rings. The highest BCUT2D eigenvalue weighted by Crippen LogP contribution is 2.31. The monoisotopic (exact) mass is 327 g/mol. The van der Waals surface area contributed by atoms with E-state index in [1.165, 1.54) is 6.20 Å². The average Bonchev–Trinajstić information content (AvgIpc) is 2.45. The molecule has 0 radical (unpaired) electrons. The van der Waals surface area contributed by atoms with Gasteiger partial charge in [0.1, 0.15) is 5.82 Å². The lowest BCUT2D eigenvalue weighted by molar-refractivity contribution is -0.137. The first-order chi connectivity index (χ1) is 10.9. The molecule has 1 aliphatic carbocycles. The van der Waals surface area contributed by atoms with Crippen LogP contribution in [0.2, 0.25) is 0 Å². The van der Waals surface area contributed by atoms with Gasteiger partial charge in [0.05, 0.1) is 5.56 Å². The Balaban J connectivity index is 1.65. The molecule has 1 aromatic heterocycles. The number of pyridine rings is 1. The smallest absolute Gasteiger partial charge is 0.355 e. The van der Waals surface area contributed by atoms with Gasteiger partial charge in [-0.3, -0.25) is 4.79 Å². The van der Waals surface area contributed by atoms with Gasteiger partial charge in [-0.05, 0) is 37.8 Å². The van der Waals surface area contributed by atoms with Crippen LogP contribution >= 0.6 is 0 Å². The van der Waals surface area contributed by atoms with Gasteiger partial charge in [-0.2, -0.15) is 13.2 Å².